The summed E-state index contributed by atoms with van der Waals surface area (Å²) in [6.45, 7) is 1.69. The maximum Gasteiger partial charge on any atom is 0.384 e. The minimum absolute atomic E-state index is 0.274. The van der Waals surface area contributed by atoms with E-state index in [1.165, 1.54) is 7.11 Å². The highest BCUT2D eigenvalue weighted by Gasteiger charge is 1.89. The molecule has 3 heteroatoms. The largest absolute Gasteiger partial charge is 0.459 e. The van der Waals surface area contributed by atoms with E-state index in [0.29, 0.717) is 0 Å². The lowest BCUT2D eigenvalue weighted by Crippen LogP contribution is -2.11. The van der Waals surface area contributed by atoms with Crippen molar-refractivity contribution in [1.29, 1.82) is 0 Å². The molecule has 0 fully saturated rings. The molecule has 0 aromatic heterocycles. The summed E-state index contributed by atoms with van der Waals surface area (Å²) < 4.78 is 4.23. The van der Waals surface area contributed by atoms with E-state index >= 15 is 0 Å². The molecule has 0 saturated heterocycles. The van der Waals surface area contributed by atoms with Crippen molar-refractivity contribution >= 4 is 5.97 Å². The van der Waals surface area contributed by atoms with Crippen LogP contribution in [0.4, 0.5) is 0 Å². The van der Waals surface area contributed by atoms with E-state index in [9.17, 15) is 4.79 Å². The Labute approximate surface area is 54.2 Å². The van der Waals surface area contributed by atoms with Gasteiger partial charge in [-0.2, -0.15) is 0 Å². The average Bonchev–Trinajstić information content (AvgIpc) is 1.83. The van der Waals surface area contributed by atoms with Gasteiger partial charge in [0.05, 0.1) is 13.2 Å². The molecule has 0 aliphatic rings. The highest BCUT2D eigenvalue weighted by Crippen LogP contribution is 1.70. The highest BCUT2D eigenvalue weighted by atomic mass is 16.5. The van der Waals surface area contributed by atoms with Gasteiger partial charge in [-0.1, -0.05) is 5.92 Å². The van der Waals surface area contributed by atoms with Gasteiger partial charge in [0.25, 0.3) is 0 Å². The summed E-state index contributed by atoms with van der Waals surface area (Å²) in [5.41, 5.74) is 5.21. The zero-order valence-electron chi connectivity index (χ0n) is 5.47. The molecular formula is C6H9NO2. The smallest absolute Gasteiger partial charge is 0.384 e. The van der Waals surface area contributed by atoms with Crippen molar-refractivity contribution in [3.63, 3.8) is 0 Å². The van der Waals surface area contributed by atoms with Crippen molar-refractivity contribution in [2.75, 3.05) is 7.11 Å². The van der Waals surface area contributed by atoms with E-state index in [4.69, 9.17) is 5.73 Å². The van der Waals surface area contributed by atoms with Gasteiger partial charge in [0.1, 0.15) is 0 Å². The third kappa shape index (κ3) is 4.85. The summed E-state index contributed by atoms with van der Waals surface area (Å²) in [7, 11) is 1.28. The van der Waals surface area contributed by atoms with Gasteiger partial charge in [-0.15, -0.1) is 0 Å². The summed E-state index contributed by atoms with van der Waals surface area (Å²) in [6.07, 6.45) is 0. The number of hydrogen-bond acceptors (Lipinski definition) is 3. The van der Waals surface area contributed by atoms with Crippen molar-refractivity contribution in [3.05, 3.63) is 0 Å². The summed E-state index contributed by atoms with van der Waals surface area (Å²) in [5, 5.41) is 0. The fourth-order valence-electron chi connectivity index (χ4n) is 0.224. The third-order valence-corrected chi connectivity index (χ3v) is 0.587. The van der Waals surface area contributed by atoms with Crippen LogP contribution in [0.5, 0.6) is 0 Å². The maximum atomic E-state index is 10.3. The molecule has 0 aromatic rings. The summed E-state index contributed by atoms with van der Waals surface area (Å²) in [5.74, 6) is 4.10. The molecule has 9 heavy (non-hydrogen) atoms. The van der Waals surface area contributed by atoms with Gasteiger partial charge in [0.2, 0.25) is 0 Å². The first-order valence-corrected chi connectivity index (χ1v) is 2.52. The number of hydrogen-bond donors (Lipinski definition) is 1. The number of methoxy groups -OCH3 is 1. The van der Waals surface area contributed by atoms with Crippen molar-refractivity contribution in [1.82, 2.24) is 0 Å². The minimum atomic E-state index is -0.549. The predicted molar refractivity (Wildman–Crippen MR) is 33.4 cm³/mol. The van der Waals surface area contributed by atoms with Crippen molar-refractivity contribution in [2.45, 2.75) is 13.0 Å². The molecule has 0 heterocycles. The molecular weight excluding hydrogens is 118 g/mol. The zero-order chi connectivity index (χ0) is 7.28. The topological polar surface area (TPSA) is 52.3 Å². The molecule has 2 N–H and O–H groups in total. The average molecular weight is 127 g/mol. The van der Waals surface area contributed by atoms with E-state index < -0.39 is 5.97 Å². The van der Waals surface area contributed by atoms with Gasteiger partial charge >= 0.3 is 5.97 Å². The Balaban J connectivity index is 3.73. The van der Waals surface area contributed by atoms with Crippen LogP contribution in [-0.2, 0) is 9.53 Å². The Hall–Kier alpha value is -1.01. The van der Waals surface area contributed by atoms with Crippen LogP contribution in [0.15, 0.2) is 0 Å². The predicted octanol–water partition coefficient (Wildman–Crippen LogP) is -0.490. The zero-order valence-corrected chi connectivity index (χ0v) is 5.47. The lowest BCUT2D eigenvalue weighted by Gasteiger charge is -1.87. The quantitative estimate of drug-likeness (QED) is 0.271. The fourth-order valence-corrected chi connectivity index (χ4v) is 0.224. The second-order valence-electron chi connectivity index (χ2n) is 1.55. The standard InChI is InChI=1S/C6H9NO2/c1-5(7)3-4-6(8)9-2/h5H,7H2,1-2H3/t5-/m0/s1. The van der Waals surface area contributed by atoms with Gasteiger partial charge < -0.3 is 10.5 Å². The number of esters is 1. The van der Waals surface area contributed by atoms with Crippen molar-refractivity contribution in [3.8, 4) is 11.8 Å². The molecule has 3 nitrogen and oxygen atoms in total. The molecule has 0 unspecified atom stereocenters. The summed E-state index contributed by atoms with van der Waals surface area (Å²) in [4.78, 5) is 10.3. The molecule has 0 saturated carbocycles. The highest BCUT2D eigenvalue weighted by molar-refractivity contribution is 5.88. The first-order valence-electron chi connectivity index (χ1n) is 2.52. The second-order valence-corrected chi connectivity index (χ2v) is 1.55. The molecule has 0 aromatic carbocycles. The van der Waals surface area contributed by atoms with Crippen LogP contribution in [0.2, 0.25) is 0 Å². The normalized spacial score (nSPS) is 11.0. The molecule has 0 aliphatic carbocycles. The van der Waals surface area contributed by atoms with Gasteiger partial charge in [-0.3, -0.25) is 0 Å². The molecule has 0 spiro atoms. The molecule has 0 rings (SSSR count). The van der Waals surface area contributed by atoms with Crippen LogP contribution in [0.3, 0.4) is 0 Å². The van der Waals surface area contributed by atoms with Gasteiger partial charge in [-0.25, -0.2) is 4.79 Å². The van der Waals surface area contributed by atoms with Gasteiger partial charge in [0.15, 0.2) is 0 Å². The van der Waals surface area contributed by atoms with E-state index in [1.807, 2.05) is 0 Å². The lowest BCUT2D eigenvalue weighted by molar-refractivity contribution is -0.133. The Morgan fingerprint density at radius 3 is 2.67 bits per heavy atom. The number of ether oxygens (including phenoxy) is 1. The molecule has 50 valence electrons. The van der Waals surface area contributed by atoms with E-state index in [0.717, 1.165) is 0 Å². The van der Waals surface area contributed by atoms with Gasteiger partial charge in [-0.05, 0) is 6.92 Å². The Morgan fingerprint density at radius 1 is 1.78 bits per heavy atom. The number of rotatable bonds is 0. The van der Waals surface area contributed by atoms with Crippen LogP contribution in [0, 0.1) is 11.8 Å². The van der Waals surface area contributed by atoms with E-state index in [-0.39, 0.29) is 6.04 Å². The molecule has 0 bridgehead atoms. The maximum absolute atomic E-state index is 10.3. The van der Waals surface area contributed by atoms with Crippen molar-refractivity contribution < 1.29 is 9.53 Å². The number of carbonyl (C=O) groups excluding carboxylic acids is 1. The minimum Gasteiger partial charge on any atom is -0.459 e. The lowest BCUT2D eigenvalue weighted by atomic mass is 10.4. The first kappa shape index (κ1) is 7.99. The van der Waals surface area contributed by atoms with Crippen LogP contribution in [0.1, 0.15) is 6.92 Å². The molecule has 0 aliphatic heterocycles. The van der Waals surface area contributed by atoms with Crippen LogP contribution < -0.4 is 5.73 Å². The Kier molecular flexibility index (Phi) is 3.49. The SMILES string of the molecule is COC(=O)C#C[C@H](C)N. The number of nitrogens with two attached hydrogens (primary N) is 1. The van der Waals surface area contributed by atoms with E-state index in [1.54, 1.807) is 6.92 Å². The molecule has 0 radical (unpaired) electrons. The molecule has 1 atom stereocenters. The van der Waals surface area contributed by atoms with E-state index in [2.05, 4.69) is 16.6 Å². The monoisotopic (exact) mass is 127 g/mol. The van der Waals surface area contributed by atoms with Gasteiger partial charge in [0, 0.05) is 5.92 Å². The summed E-state index contributed by atoms with van der Waals surface area (Å²) in [6, 6.07) is -0.274. The van der Waals surface area contributed by atoms with Crippen molar-refractivity contribution in [2.24, 2.45) is 5.73 Å². The van der Waals surface area contributed by atoms with Crippen LogP contribution in [-0.4, -0.2) is 19.1 Å². The molecule has 0 amide bonds. The first-order chi connectivity index (χ1) is 4.16. The fraction of sp³-hybridized carbons (Fsp3) is 0.500. The summed E-state index contributed by atoms with van der Waals surface area (Å²) >= 11 is 0. The second kappa shape index (κ2) is 3.93. The Bertz CT molecular complexity index is 152. The van der Waals surface area contributed by atoms with Crippen LogP contribution >= 0.6 is 0 Å². The van der Waals surface area contributed by atoms with Crippen LogP contribution in [0.25, 0.3) is 0 Å². The number of carbonyl (C=O) groups is 1. The third-order valence-electron chi connectivity index (χ3n) is 0.587. The Morgan fingerprint density at radius 2 is 2.33 bits per heavy atom.